The van der Waals surface area contributed by atoms with E-state index in [2.05, 4.69) is 28.9 Å². The van der Waals surface area contributed by atoms with Crippen molar-refractivity contribution in [1.82, 2.24) is 4.98 Å². The lowest BCUT2D eigenvalue weighted by atomic mass is 10.2. The Balaban J connectivity index is 2.10. The molecule has 2 rings (SSSR count). The third-order valence-corrected chi connectivity index (χ3v) is 3.37. The number of thiazole rings is 1. The van der Waals surface area contributed by atoms with E-state index in [0.717, 1.165) is 30.3 Å². The Morgan fingerprint density at radius 3 is 2.65 bits per heavy atom. The van der Waals surface area contributed by atoms with Crippen molar-refractivity contribution >= 4 is 22.2 Å². The van der Waals surface area contributed by atoms with Crippen molar-refractivity contribution in [3.8, 4) is 0 Å². The molecule has 0 unspecified atom stereocenters. The topological polar surface area (TPSA) is 42.1 Å². The van der Waals surface area contributed by atoms with Crippen molar-refractivity contribution in [3.63, 3.8) is 0 Å². The van der Waals surface area contributed by atoms with E-state index in [-0.39, 0.29) is 0 Å². The first-order valence-electron chi connectivity index (χ1n) is 5.78. The maximum Gasteiger partial charge on any atom is 0.185 e. The van der Waals surface area contributed by atoms with Gasteiger partial charge in [0.2, 0.25) is 0 Å². The maximum absolute atomic E-state index is 5.69. The highest BCUT2D eigenvalue weighted by Gasteiger charge is 2.08. The van der Waals surface area contributed by atoms with Crippen LogP contribution in [0.2, 0.25) is 0 Å². The van der Waals surface area contributed by atoms with E-state index in [1.54, 1.807) is 11.3 Å². The van der Waals surface area contributed by atoms with Gasteiger partial charge in [-0.3, -0.25) is 0 Å². The van der Waals surface area contributed by atoms with Gasteiger partial charge in [-0.25, -0.2) is 4.98 Å². The Hall–Kier alpha value is -1.55. The van der Waals surface area contributed by atoms with E-state index in [9.17, 15) is 0 Å². The van der Waals surface area contributed by atoms with Gasteiger partial charge < -0.3 is 10.6 Å². The molecule has 0 saturated heterocycles. The zero-order valence-corrected chi connectivity index (χ0v) is 10.8. The lowest BCUT2D eigenvalue weighted by molar-refractivity contribution is 0.764. The molecule has 0 bridgehead atoms. The van der Waals surface area contributed by atoms with E-state index in [1.165, 1.54) is 5.56 Å². The second-order valence-electron chi connectivity index (χ2n) is 3.98. The largest absolute Gasteiger partial charge is 0.399 e. The number of hydrogen-bond acceptors (Lipinski definition) is 4. The quantitative estimate of drug-likeness (QED) is 0.825. The molecule has 0 aliphatic rings. The molecular weight excluding hydrogens is 230 g/mol. The first kappa shape index (κ1) is 11.9. The SMILES string of the molecule is CCCN(Cc1ccc(N)cc1)c1nccs1. The number of nitrogens with zero attached hydrogens (tertiary/aromatic N) is 2. The fourth-order valence-electron chi connectivity index (χ4n) is 1.73. The predicted octanol–water partition coefficient (Wildman–Crippen LogP) is 3.14. The molecule has 1 aromatic heterocycles. The average molecular weight is 247 g/mol. The number of rotatable bonds is 5. The summed E-state index contributed by atoms with van der Waals surface area (Å²) in [5.74, 6) is 0. The number of anilines is 2. The fraction of sp³-hybridized carbons (Fsp3) is 0.308. The molecule has 2 N–H and O–H groups in total. The summed E-state index contributed by atoms with van der Waals surface area (Å²) in [6.07, 6.45) is 2.97. The van der Waals surface area contributed by atoms with Crippen molar-refractivity contribution in [1.29, 1.82) is 0 Å². The summed E-state index contributed by atoms with van der Waals surface area (Å²) < 4.78 is 0. The Morgan fingerprint density at radius 2 is 2.06 bits per heavy atom. The molecule has 1 aromatic carbocycles. The first-order valence-corrected chi connectivity index (χ1v) is 6.66. The molecule has 90 valence electrons. The molecule has 17 heavy (non-hydrogen) atoms. The third-order valence-electron chi connectivity index (χ3n) is 2.54. The average Bonchev–Trinajstić information content (AvgIpc) is 2.85. The van der Waals surface area contributed by atoms with Gasteiger partial charge in [-0.05, 0) is 24.1 Å². The third kappa shape index (κ3) is 3.20. The van der Waals surface area contributed by atoms with Gasteiger partial charge in [-0.15, -0.1) is 11.3 Å². The van der Waals surface area contributed by atoms with Crippen LogP contribution in [0, 0.1) is 0 Å². The smallest absolute Gasteiger partial charge is 0.185 e. The Labute approximate surface area is 106 Å². The number of nitrogen functional groups attached to an aromatic ring is 1. The molecule has 3 nitrogen and oxygen atoms in total. The van der Waals surface area contributed by atoms with Crippen LogP contribution in [0.4, 0.5) is 10.8 Å². The number of aromatic nitrogens is 1. The second-order valence-corrected chi connectivity index (χ2v) is 4.85. The molecule has 0 atom stereocenters. The molecule has 0 radical (unpaired) electrons. The Bertz CT molecular complexity index is 436. The lowest BCUT2D eigenvalue weighted by Gasteiger charge is -2.21. The van der Waals surface area contributed by atoms with Crippen LogP contribution < -0.4 is 10.6 Å². The van der Waals surface area contributed by atoms with Gasteiger partial charge in [-0.2, -0.15) is 0 Å². The summed E-state index contributed by atoms with van der Waals surface area (Å²) in [6, 6.07) is 8.04. The van der Waals surface area contributed by atoms with Crippen LogP contribution in [0.5, 0.6) is 0 Å². The summed E-state index contributed by atoms with van der Waals surface area (Å²) in [5.41, 5.74) is 7.76. The van der Waals surface area contributed by atoms with Gasteiger partial charge in [0.1, 0.15) is 0 Å². The fourth-order valence-corrected chi connectivity index (χ4v) is 2.40. The van der Waals surface area contributed by atoms with E-state index in [0.29, 0.717) is 0 Å². The van der Waals surface area contributed by atoms with E-state index in [1.807, 2.05) is 23.7 Å². The second kappa shape index (κ2) is 5.68. The monoisotopic (exact) mass is 247 g/mol. The van der Waals surface area contributed by atoms with Gasteiger partial charge in [0.15, 0.2) is 5.13 Å². The van der Waals surface area contributed by atoms with Crippen molar-refractivity contribution in [3.05, 3.63) is 41.4 Å². The molecule has 0 aliphatic heterocycles. The van der Waals surface area contributed by atoms with Crippen molar-refractivity contribution < 1.29 is 0 Å². The molecule has 2 aromatic rings. The molecule has 0 fully saturated rings. The van der Waals surface area contributed by atoms with Gasteiger partial charge in [0, 0.05) is 30.4 Å². The Morgan fingerprint density at radius 1 is 1.29 bits per heavy atom. The van der Waals surface area contributed by atoms with Crippen LogP contribution in [0.25, 0.3) is 0 Å². The highest BCUT2D eigenvalue weighted by Crippen LogP contribution is 2.20. The Kier molecular flexibility index (Phi) is 3.98. The molecule has 1 heterocycles. The van der Waals surface area contributed by atoms with Crippen molar-refractivity contribution in [2.45, 2.75) is 19.9 Å². The predicted molar refractivity (Wildman–Crippen MR) is 74.3 cm³/mol. The zero-order valence-electron chi connectivity index (χ0n) is 9.97. The number of hydrogen-bond donors (Lipinski definition) is 1. The minimum Gasteiger partial charge on any atom is -0.399 e. The minimum absolute atomic E-state index is 0.810. The van der Waals surface area contributed by atoms with E-state index < -0.39 is 0 Å². The molecular formula is C13H17N3S. The standard InChI is InChI=1S/C13H17N3S/c1-2-8-16(13-15-7-9-17-13)10-11-3-5-12(14)6-4-11/h3-7,9H,2,8,10,14H2,1H3. The van der Waals surface area contributed by atoms with Crippen LogP contribution in [-0.2, 0) is 6.54 Å². The highest BCUT2D eigenvalue weighted by atomic mass is 32.1. The van der Waals surface area contributed by atoms with Gasteiger partial charge >= 0.3 is 0 Å². The van der Waals surface area contributed by atoms with Crippen LogP contribution in [-0.4, -0.2) is 11.5 Å². The molecule has 4 heteroatoms. The van der Waals surface area contributed by atoms with Gasteiger partial charge in [0.25, 0.3) is 0 Å². The van der Waals surface area contributed by atoms with Crippen LogP contribution >= 0.6 is 11.3 Å². The van der Waals surface area contributed by atoms with Crippen LogP contribution in [0.1, 0.15) is 18.9 Å². The lowest BCUT2D eigenvalue weighted by Crippen LogP contribution is -2.23. The summed E-state index contributed by atoms with van der Waals surface area (Å²) in [4.78, 5) is 6.67. The molecule has 0 saturated carbocycles. The summed E-state index contributed by atoms with van der Waals surface area (Å²) in [5, 5.41) is 3.10. The number of benzene rings is 1. The van der Waals surface area contributed by atoms with Crippen molar-refractivity contribution in [2.75, 3.05) is 17.2 Å². The number of nitrogens with two attached hydrogens (primary N) is 1. The molecule has 0 spiro atoms. The normalized spacial score (nSPS) is 10.4. The van der Waals surface area contributed by atoms with E-state index in [4.69, 9.17) is 5.73 Å². The molecule has 0 aliphatic carbocycles. The van der Waals surface area contributed by atoms with E-state index >= 15 is 0 Å². The van der Waals surface area contributed by atoms with Crippen LogP contribution in [0.3, 0.4) is 0 Å². The highest BCUT2D eigenvalue weighted by molar-refractivity contribution is 7.13. The van der Waals surface area contributed by atoms with Gasteiger partial charge in [-0.1, -0.05) is 19.1 Å². The maximum atomic E-state index is 5.69. The summed E-state index contributed by atoms with van der Waals surface area (Å²) in [7, 11) is 0. The first-order chi connectivity index (χ1) is 8.29. The summed E-state index contributed by atoms with van der Waals surface area (Å²) >= 11 is 1.68. The zero-order chi connectivity index (χ0) is 12.1. The molecule has 0 amide bonds. The minimum atomic E-state index is 0.810. The van der Waals surface area contributed by atoms with Crippen molar-refractivity contribution in [2.24, 2.45) is 0 Å². The van der Waals surface area contributed by atoms with Gasteiger partial charge in [0.05, 0.1) is 0 Å². The summed E-state index contributed by atoms with van der Waals surface area (Å²) in [6.45, 7) is 4.10. The van der Waals surface area contributed by atoms with Crippen LogP contribution in [0.15, 0.2) is 35.8 Å².